The molecule has 2 unspecified atom stereocenters. The van der Waals surface area contributed by atoms with Gasteiger partial charge in [0, 0.05) is 42.3 Å². The Hall–Kier alpha value is -1.88. The molecule has 0 aliphatic carbocycles. The Kier molecular flexibility index (Phi) is 18.5. The minimum Gasteiger partial charge on any atom is -0.796 e. The zero-order chi connectivity index (χ0) is 32.8. The zero-order valence-corrected chi connectivity index (χ0v) is 33.6. The summed E-state index contributed by atoms with van der Waals surface area (Å²) in [6.07, 6.45) is 17.1. The first-order chi connectivity index (χ1) is 21.9. The first kappa shape index (κ1) is 40.3. The first-order valence-electron chi connectivity index (χ1n) is 16.5. The zero-order valence-electron chi connectivity index (χ0n) is 29.6. The third-order valence-electron chi connectivity index (χ3n) is 7.79. The molecule has 0 saturated heterocycles. The number of aryl methyl sites for hydroxylation is 1. The van der Waals surface area contributed by atoms with Crippen LogP contribution in [0, 0.1) is 12.8 Å². The number of ether oxygens (including phenoxy) is 1. The van der Waals surface area contributed by atoms with Crippen molar-refractivity contribution in [2.24, 2.45) is 11.0 Å². The van der Waals surface area contributed by atoms with Gasteiger partial charge < -0.3 is 27.6 Å². The summed E-state index contributed by atoms with van der Waals surface area (Å²) in [7, 11) is 0. The number of aromatic nitrogens is 2. The molecule has 0 fully saturated rings. The molecule has 2 aliphatic rings. The number of anilines is 3. The van der Waals surface area contributed by atoms with E-state index in [0.29, 0.717) is 18.4 Å². The Morgan fingerprint density at radius 1 is 1.09 bits per heavy atom. The molecule has 3 heterocycles. The molecule has 2 aliphatic heterocycles. The van der Waals surface area contributed by atoms with E-state index in [0.717, 1.165) is 52.6 Å². The van der Waals surface area contributed by atoms with Crippen LogP contribution in [0.15, 0.2) is 65.9 Å². The Labute approximate surface area is 326 Å². The van der Waals surface area contributed by atoms with E-state index in [-0.39, 0.29) is 51.4 Å². The van der Waals surface area contributed by atoms with Crippen molar-refractivity contribution in [2.45, 2.75) is 86.5 Å². The number of unbranched alkanes of at least 4 members (excludes halogenated alkanes) is 2. The fourth-order valence-electron chi connectivity index (χ4n) is 5.81. The van der Waals surface area contributed by atoms with E-state index in [1.165, 1.54) is 43.4 Å². The minimum atomic E-state index is 0. The molecule has 2 atom stereocenters. The van der Waals surface area contributed by atoms with E-state index in [9.17, 15) is 0 Å². The largest absolute Gasteiger partial charge is 1.00 e. The van der Waals surface area contributed by atoms with Crippen molar-refractivity contribution in [3.8, 4) is 5.75 Å². The van der Waals surface area contributed by atoms with Gasteiger partial charge in [0.05, 0.1) is 12.1 Å². The van der Waals surface area contributed by atoms with Crippen molar-refractivity contribution < 1.29 is 56.1 Å². The van der Waals surface area contributed by atoms with Crippen molar-refractivity contribution >= 4 is 46.9 Å². The fourth-order valence-corrected chi connectivity index (χ4v) is 5.81. The second-order valence-corrected chi connectivity index (χ2v) is 11.9. The van der Waals surface area contributed by atoms with Crippen LogP contribution in [-0.4, -0.2) is 47.1 Å². The molecule has 1 N–H and O–H groups in total. The first-order valence-corrected chi connectivity index (χ1v) is 17.3. The molecule has 5 rings (SSSR count). The van der Waals surface area contributed by atoms with Gasteiger partial charge in [-0.15, -0.1) is 0 Å². The number of hydrogen-bond acceptors (Lipinski definition) is 8. The maximum atomic E-state index is 6.17. The number of nitrogens with one attached hydrogen (secondary N) is 1. The third-order valence-corrected chi connectivity index (χ3v) is 7.79. The van der Waals surface area contributed by atoms with Crippen LogP contribution in [0.5, 0.6) is 5.75 Å². The SMILES string of the molecule is C/C=N\N1C=CC(Oc2ccc(Nc3ncnc4cc5c(cc34)N(CCCCC)CC(C)CC5C)cc2C)=CC1.CCC.C[S-].[K+]. The van der Waals surface area contributed by atoms with Gasteiger partial charge >= 0.3 is 51.4 Å². The predicted molar refractivity (Wildman–Crippen MR) is 196 cm³/mol. The molecule has 0 radical (unpaired) electrons. The van der Waals surface area contributed by atoms with Gasteiger partial charge in [-0.05, 0) is 92.1 Å². The van der Waals surface area contributed by atoms with Crippen LogP contribution in [0.4, 0.5) is 17.2 Å². The van der Waals surface area contributed by atoms with Crippen LogP contribution in [0.1, 0.15) is 90.7 Å². The molecule has 244 valence electrons. The van der Waals surface area contributed by atoms with Crippen molar-refractivity contribution in [1.29, 1.82) is 0 Å². The molecule has 7 nitrogen and oxygen atoms in total. The molecule has 0 spiro atoms. The Morgan fingerprint density at radius 3 is 2.50 bits per heavy atom. The molecule has 2 aromatic carbocycles. The van der Waals surface area contributed by atoms with E-state index in [1.54, 1.807) is 18.8 Å². The predicted octanol–water partition coefficient (Wildman–Crippen LogP) is 6.50. The molecule has 0 saturated carbocycles. The summed E-state index contributed by atoms with van der Waals surface area (Å²) < 4.78 is 6.17. The average Bonchev–Trinajstić information content (AvgIpc) is 3.15. The molecule has 46 heavy (non-hydrogen) atoms. The second-order valence-electron chi connectivity index (χ2n) is 11.9. The van der Waals surface area contributed by atoms with E-state index >= 15 is 0 Å². The molecule has 1 aromatic heterocycles. The van der Waals surface area contributed by atoms with Gasteiger partial charge in [-0.2, -0.15) is 11.4 Å². The van der Waals surface area contributed by atoms with Crippen molar-refractivity contribution in [3.05, 3.63) is 71.9 Å². The van der Waals surface area contributed by atoms with Crippen LogP contribution in [-0.2, 0) is 12.6 Å². The summed E-state index contributed by atoms with van der Waals surface area (Å²) in [6, 6.07) is 10.8. The number of hydrogen-bond donors (Lipinski definition) is 1. The number of rotatable bonds is 9. The van der Waals surface area contributed by atoms with Gasteiger partial charge in [-0.25, -0.2) is 9.97 Å². The van der Waals surface area contributed by atoms with Gasteiger partial charge in [-0.1, -0.05) is 53.9 Å². The van der Waals surface area contributed by atoms with Crippen molar-refractivity contribution in [1.82, 2.24) is 15.0 Å². The summed E-state index contributed by atoms with van der Waals surface area (Å²) in [4.78, 5) is 12.0. The van der Waals surface area contributed by atoms with Crippen molar-refractivity contribution in [2.75, 3.05) is 36.1 Å². The number of nitrogens with zero attached hydrogens (tertiary/aromatic N) is 5. The van der Waals surface area contributed by atoms with Gasteiger partial charge in [-0.3, -0.25) is 5.01 Å². The second kappa shape index (κ2) is 21.2. The third kappa shape index (κ3) is 11.4. The van der Waals surface area contributed by atoms with Crippen LogP contribution in [0.3, 0.4) is 0 Å². The summed E-state index contributed by atoms with van der Waals surface area (Å²) in [5, 5.41) is 10.8. The summed E-state index contributed by atoms with van der Waals surface area (Å²) in [5.74, 6) is 3.64. The number of allylic oxidation sites excluding steroid dienone is 1. The van der Waals surface area contributed by atoms with E-state index in [1.807, 2.05) is 42.4 Å². The molecule has 0 bridgehead atoms. The van der Waals surface area contributed by atoms with E-state index in [4.69, 9.17) is 4.74 Å². The smallest absolute Gasteiger partial charge is 0.796 e. The van der Waals surface area contributed by atoms with Gasteiger partial charge in [0.25, 0.3) is 0 Å². The van der Waals surface area contributed by atoms with Crippen LogP contribution >= 0.6 is 0 Å². The van der Waals surface area contributed by atoms with Crippen LogP contribution in [0.25, 0.3) is 10.9 Å². The average molecular weight is 669 g/mol. The summed E-state index contributed by atoms with van der Waals surface area (Å²) >= 11 is 4.08. The topological polar surface area (TPSA) is 65.9 Å². The monoisotopic (exact) mass is 668 g/mol. The minimum absolute atomic E-state index is 0. The van der Waals surface area contributed by atoms with E-state index in [2.05, 4.69) is 97.7 Å². The summed E-state index contributed by atoms with van der Waals surface area (Å²) in [5.41, 5.74) is 5.75. The quantitative estimate of drug-likeness (QED) is 0.121. The number of fused-ring (bicyclic) bond motifs is 2. The Bertz CT molecular complexity index is 1460. The summed E-state index contributed by atoms with van der Waals surface area (Å²) in [6.45, 7) is 18.1. The van der Waals surface area contributed by atoms with Gasteiger partial charge in [0.15, 0.2) is 0 Å². The van der Waals surface area contributed by atoms with Gasteiger partial charge in [0.1, 0.15) is 23.7 Å². The maximum absolute atomic E-state index is 6.17. The van der Waals surface area contributed by atoms with Crippen molar-refractivity contribution in [3.63, 3.8) is 0 Å². The molecule has 9 heteroatoms. The number of hydrazone groups is 1. The Morgan fingerprint density at radius 2 is 1.85 bits per heavy atom. The van der Waals surface area contributed by atoms with Crippen LogP contribution in [0.2, 0.25) is 0 Å². The normalized spacial score (nSPS) is 17.1. The van der Waals surface area contributed by atoms with Crippen LogP contribution < -0.4 is 66.3 Å². The van der Waals surface area contributed by atoms with E-state index < -0.39 is 0 Å². The molecule has 0 amide bonds. The fraction of sp³-hybridized carbons (Fsp3) is 0.486. The Balaban J connectivity index is 0.00000116. The standard InChI is InChI=1S/C33H42N6O.C3H8.CH4S.K/c1-6-8-9-14-38-21-23(3)17-24(4)28-19-30-29(20-31(28)38)33(35-22-34-30)37-26-10-11-32(25(5)18-26)40-27-12-15-39(16-13-27)36-7-2;1-3-2;1-2;/h7,10-13,15,18-20,22-24H,6,8-9,14,16-17,21H2,1-5H3,(H,34,35,37);3H2,1-2H3;2H,1H3;/q;;;+1/p-1/b36-7-;;;. The molecule has 3 aromatic rings. The number of benzene rings is 2. The van der Waals surface area contributed by atoms with Gasteiger partial charge in [0.2, 0.25) is 0 Å². The molecular formula is C37H53KN6OS. The maximum Gasteiger partial charge on any atom is 1.00 e. The molecular weight excluding hydrogens is 616 g/mol.